The van der Waals surface area contributed by atoms with Crippen LogP contribution in [0.4, 0.5) is 4.39 Å². The first kappa shape index (κ1) is 26.3. The van der Waals surface area contributed by atoms with E-state index in [2.05, 4.69) is 15.3 Å². The Labute approximate surface area is 215 Å². The van der Waals surface area contributed by atoms with Crippen molar-refractivity contribution in [3.05, 3.63) is 64.7 Å². The first-order valence-electron chi connectivity index (χ1n) is 12.8. The molecule has 3 N–H and O–H groups in total. The Morgan fingerprint density at radius 2 is 1.86 bits per heavy atom. The molecular formula is C29H34FN3O4. The number of aryl methyl sites for hydroxylation is 2. The van der Waals surface area contributed by atoms with Crippen molar-refractivity contribution >= 4 is 33.7 Å². The summed E-state index contributed by atoms with van der Waals surface area (Å²) in [5.74, 6) is 0.121. The second-order valence-corrected chi connectivity index (χ2v) is 9.24. The second-order valence-electron chi connectivity index (χ2n) is 9.24. The van der Waals surface area contributed by atoms with Crippen molar-refractivity contribution < 1.29 is 23.5 Å². The van der Waals surface area contributed by atoms with Crippen LogP contribution in [0, 0.1) is 19.7 Å². The smallest absolute Gasteiger partial charge is 0.305 e. The molecule has 0 spiro atoms. The van der Waals surface area contributed by atoms with Gasteiger partial charge in [-0.05, 0) is 87.9 Å². The van der Waals surface area contributed by atoms with Gasteiger partial charge in [-0.3, -0.25) is 9.59 Å². The second kappa shape index (κ2) is 12.0. The number of esters is 1. The number of benzene rings is 2. The fraction of sp³-hybridized carbons (Fsp3) is 0.379. The molecule has 0 unspecified atom stereocenters. The number of rotatable bonds is 12. The van der Waals surface area contributed by atoms with Gasteiger partial charge in [0.15, 0.2) is 0 Å². The van der Waals surface area contributed by atoms with E-state index in [0.717, 1.165) is 58.1 Å². The van der Waals surface area contributed by atoms with Gasteiger partial charge >= 0.3 is 5.97 Å². The van der Waals surface area contributed by atoms with Crippen LogP contribution in [0.1, 0.15) is 59.9 Å². The Morgan fingerprint density at radius 3 is 2.68 bits per heavy atom. The minimum absolute atomic E-state index is 0.153. The summed E-state index contributed by atoms with van der Waals surface area (Å²) in [6.45, 7) is 7.11. The summed E-state index contributed by atoms with van der Waals surface area (Å²) in [6, 6.07) is 10.7. The predicted octanol–water partition coefficient (Wildman–Crippen LogP) is 5.88. The first-order valence-corrected chi connectivity index (χ1v) is 12.8. The number of unbranched alkanes of at least 4 members (excludes halogenated alkanes) is 2. The summed E-state index contributed by atoms with van der Waals surface area (Å²) in [6.07, 6.45) is 3.56. The third-order valence-electron chi connectivity index (χ3n) is 6.53. The number of halogens is 1. The van der Waals surface area contributed by atoms with E-state index >= 15 is 0 Å². The molecule has 8 heteroatoms. The molecule has 4 rings (SSSR count). The zero-order valence-electron chi connectivity index (χ0n) is 21.6. The number of hydrogen-bond acceptors (Lipinski definition) is 4. The van der Waals surface area contributed by atoms with E-state index < -0.39 is 0 Å². The highest BCUT2D eigenvalue weighted by Crippen LogP contribution is 2.28. The number of ether oxygens (including phenoxy) is 2. The molecule has 0 aliphatic rings. The zero-order valence-corrected chi connectivity index (χ0v) is 21.6. The quantitative estimate of drug-likeness (QED) is 0.165. The maximum absolute atomic E-state index is 14.2. The van der Waals surface area contributed by atoms with Crippen LogP contribution in [0.5, 0.6) is 5.75 Å². The third kappa shape index (κ3) is 6.31. The number of amides is 1. The van der Waals surface area contributed by atoms with Crippen molar-refractivity contribution in [1.82, 2.24) is 15.3 Å². The van der Waals surface area contributed by atoms with E-state index in [9.17, 15) is 14.0 Å². The topological polar surface area (TPSA) is 96.2 Å². The maximum atomic E-state index is 14.2. The van der Waals surface area contributed by atoms with Crippen LogP contribution in [0.15, 0.2) is 36.4 Å². The van der Waals surface area contributed by atoms with Crippen LogP contribution in [-0.2, 0) is 16.0 Å². The van der Waals surface area contributed by atoms with E-state index in [4.69, 9.17) is 9.47 Å². The lowest BCUT2D eigenvalue weighted by molar-refractivity contribution is -0.143. The van der Waals surface area contributed by atoms with Gasteiger partial charge in [-0.25, -0.2) is 4.39 Å². The molecule has 4 aromatic rings. The predicted molar refractivity (Wildman–Crippen MR) is 143 cm³/mol. The van der Waals surface area contributed by atoms with Crippen molar-refractivity contribution in [2.45, 2.75) is 52.9 Å². The summed E-state index contributed by atoms with van der Waals surface area (Å²) in [4.78, 5) is 30.5. The Bertz CT molecular complexity index is 1410. The Balaban J connectivity index is 1.28. The lowest BCUT2D eigenvalue weighted by atomic mass is 10.0. The van der Waals surface area contributed by atoms with Crippen LogP contribution >= 0.6 is 0 Å². The molecular weight excluding hydrogens is 473 g/mol. The average molecular weight is 508 g/mol. The normalized spacial score (nSPS) is 11.2. The highest BCUT2D eigenvalue weighted by atomic mass is 19.1. The summed E-state index contributed by atoms with van der Waals surface area (Å²) < 4.78 is 25.0. The average Bonchev–Trinajstić information content (AvgIpc) is 3.45. The number of carbonyl (C=O) groups excluding carboxylic acids is 2. The van der Waals surface area contributed by atoms with Gasteiger partial charge < -0.3 is 24.8 Å². The number of fused-ring (bicyclic) bond motifs is 2. The van der Waals surface area contributed by atoms with Crippen molar-refractivity contribution in [1.29, 1.82) is 0 Å². The number of carbonyl (C=O) groups is 2. The monoisotopic (exact) mass is 507 g/mol. The van der Waals surface area contributed by atoms with Crippen molar-refractivity contribution in [2.24, 2.45) is 0 Å². The zero-order chi connectivity index (χ0) is 26.4. The highest BCUT2D eigenvalue weighted by Gasteiger charge is 2.15. The first-order chi connectivity index (χ1) is 17.9. The Kier molecular flexibility index (Phi) is 8.48. The molecule has 2 heterocycles. The number of H-pyrrole nitrogens is 2. The van der Waals surface area contributed by atoms with Gasteiger partial charge in [0.05, 0.1) is 18.7 Å². The molecule has 0 saturated carbocycles. The molecule has 7 nitrogen and oxygen atoms in total. The van der Waals surface area contributed by atoms with Gasteiger partial charge in [-0.15, -0.1) is 0 Å². The molecule has 0 aliphatic carbocycles. The number of aromatic nitrogens is 2. The van der Waals surface area contributed by atoms with Crippen LogP contribution in [-0.4, -0.2) is 41.6 Å². The SMILES string of the molecule is CCOC(=O)CCCCCOc1ccc2[nH]c(C(=O)NCCc3c(C)[nH]c4c(F)ccc(C)c34)cc2c1. The maximum Gasteiger partial charge on any atom is 0.305 e. The third-order valence-corrected chi connectivity index (χ3v) is 6.53. The molecule has 2 aromatic heterocycles. The van der Waals surface area contributed by atoms with E-state index in [0.29, 0.717) is 43.8 Å². The number of nitrogens with one attached hydrogen (secondary N) is 3. The summed E-state index contributed by atoms with van der Waals surface area (Å²) in [7, 11) is 0. The molecule has 0 fully saturated rings. The number of aromatic amines is 2. The highest BCUT2D eigenvalue weighted by molar-refractivity contribution is 5.98. The van der Waals surface area contributed by atoms with E-state index in [-0.39, 0.29) is 17.7 Å². The van der Waals surface area contributed by atoms with Crippen LogP contribution in [0.3, 0.4) is 0 Å². The van der Waals surface area contributed by atoms with Crippen LogP contribution < -0.4 is 10.1 Å². The minimum atomic E-state index is -0.269. The van der Waals surface area contributed by atoms with Crippen LogP contribution in [0.2, 0.25) is 0 Å². The molecule has 196 valence electrons. The van der Waals surface area contributed by atoms with Gasteiger partial charge in [-0.1, -0.05) is 6.07 Å². The molecule has 0 bridgehead atoms. The summed E-state index contributed by atoms with van der Waals surface area (Å²) in [5.41, 5.74) is 4.78. The van der Waals surface area contributed by atoms with E-state index in [1.165, 1.54) is 6.07 Å². The van der Waals surface area contributed by atoms with Crippen molar-refractivity contribution in [2.75, 3.05) is 19.8 Å². The Hall–Kier alpha value is -3.81. The van der Waals surface area contributed by atoms with Gasteiger partial charge in [-0.2, -0.15) is 0 Å². The van der Waals surface area contributed by atoms with E-state index in [1.54, 1.807) is 13.0 Å². The molecule has 37 heavy (non-hydrogen) atoms. The van der Waals surface area contributed by atoms with Gasteiger partial charge in [0.25, 0.3) is 5.91 Å². The Morgan fingerprint density at radius 1 is 1.03 bits per heavy atom. The van der Waals surface area contributed by atoms with Crippen LogP contribution in [0.25, 0.3) is 21.8 Å². The molecule has 0 aliphatic heterocycles. The number of hydrogen-bond donors (Lipinski definition) is 3. The molecule has 0 radical (unpaired) electrons. The van der Waals surface area contributed by atoms with Crippen molar-refractivity contribution in [3.63, 3.8) is 0 Å². The lowest BCUT2D eigenvalue weighted by Gasteiger charge is -2.06. The fourth-order valence-electron chi connectivity index (χ4n) is 4.65. The fourth-order valence-corrected chi connectivity index (χ4v) is 4.65. The molecule has 1 amide bonds. The van der Waals surface area contributed by atoms with Gasteiger partial charge in [0, 0.05) is 34.9 Å². The van der Waals surface area contributed by atoms with Gasteiger partial charge in [0.2, 0.25) is 0 Å². The van der Waals surface area contributed by atoms with Gasteiger partial charge in [0.1, 0.15) is 17.3 Å². The molecule has 0 atom stereocenters. The molecule has 0 saturated heterocycles. The minimum Gasteiger partial charge on any atom is -0.494 e. The largest absolute Gasteiger partial charge is 0.494 e. The lowest BCUT2D eigenvalue weighted by Crippen LogP contribution is -2.26. The summed E-state index contributed by atoms with van der Waals surface area (Å²) in [5, 5.41) is 4.75. The van der Waals surface area contributed by atoms with E-state index in [1.807, 2.05) is 38.1 Å². The molecule has 2 aromatic carbocycles. The standard InChI is InChI=1S/C29H34FN3O4/c1-4-36-26(34)8-6-5-7-15-37-21-10-12-24-20(16-21)17-25(33-24)29(35)31-14-13-22-19(3)32-28-23(30)11-9-18(2)27(22)28/h9-12,16-17,32-33H,4-8,13-15H2,1-3H3,(H,31,35). The summed E-state index contributed by atoms with van der Waals surface area (Å²) >= 11 is 0. The van der Waals surface area contributed by atoms with Crippen molar-refractivity contribution in [3.8, 4) is 5.75 Å².